The Morgan fingerprint density at radius 3 is 2.65 bits per heavy atom. The maximum atomic E-state index is 9.92. The number of fused-ring (bicyclic) bond motifs is 1. The van der Waals surface area contributed by atoms with Crippen LogP contribution in [0, 0.1) is 22.7 Å². The van der Waals surface area contributed by atoms with Gasteiger partial charge in [-0.3, -0.25) is 4.98 Å². The molecule has 0 saturated carbocycles. The van der Waals surface area contributed by atoms with Gasteiger partial charge in [0.25, 0.3) is 0 Å². The van der Waals surface area contributed by atoms with Gasteiger partial charge in [0.05, 0.1) is 34.7 Å². The van der Waals surface area contributed by atoms with Gasteiger partial charge in [0.2, 0.25) is 0 Å². The highest BCUT2D eigenvalue weighted by Gasteiger charge is 2.20. The lowest BCUT2D eigenvalue weighted by Gasteiger charge is -2.19. The molecule has 1 heterocycles. The largest absolute Gasteiger partial charge is 0.363 e. The molecular weight excluding hydrogens is 474 g/mol. The number of rotatable bonds is 7. The number of allylic oxidation sites excluding steroid dienone is 4. The van der Waals surface area contributed by atoms with E-state index in [0.29, 0.717) is 18.6 Å². The summed E-state index contributed by atoms with van der Waals surface area (Å²) in [6.45, 7) is 2.50. The van der Waals surface area contributed by atoms with Crippen molar-refractivity contribution in [2.45, 2.75) is 25.9 Å². The number of thiazole rings is 1. The van der Waals surface area contributed by atoms with Gasteiger partial charge in [0, 0.05) is 23.8 Å². The van der Waals surface area contributed by atoms with Gasteiger partial charge in [-0.05, 0) is 52.1 Å². The first kappa shape index (κ1) is 24.4. The number of benzene rings is 3. The number of nitriles is 2. The van der Waals surface area contributed by atoms with Crippen molar-refractivity contribution in [1.29, 1.82) is 10.5 Å². The SMILES string of the molecule is CCC1=CC(COC(c2ccc(C#N)c(-c3cccc4ccccc34)c2)c2cncs2)=CC=C(C#N)C1. The van der Waals surface area contributed by atoms with Gasteiger partial charge in [-0.25, -0.2) is 0 Å². The van der Waals surface area contributed by atoms with Gasteiger partial charge in [-0.2, -0.15) is 10.5 Å². The summed E-state index contributed by atoms with van der Waals surface area (Å²) in [6.07, 6.45) is 9.08. The van der Waals surface area contributed by atoms with E-state index in [-0.39, 0.29) is 6.10 Å². The Labute approximate surface area is 221 Å². The highest BCUT2D eigenvalue weighted by Crippen LogP contribution is 2.36. The number of ether oxygens (including phenoxy) is 1. The highest BCUT2D eigenvalue weighted by atomic mass is 32.1. The Kier molecular flexibility index (Phi) is 7.38. The molecule has 1 aromatic heterocycles. The lowest BCUT2D eigenvalue weighted by molar-refractivity contribution is 0.103. The van der Waals surface area contributed by atoms with E-state index >= 15 is 0 Å². The second-order valence-corrected chi connectivity index (χ2v) is 9.83. The summed E-state index contributed by atoms with van der Waals surface area (Å²) in [5.74, 6) is 0. The van der Waals surface area contributed by atoms with Crippen LogP contribution in [0.2, 0.25) is 0 Å². The predicted octanol–water partition coefficient (Wildman–Crippen LogP) is 8.06. The first-order valence-electron chi connectivity index (χ1n) is 12.2. The van der Waals surface area contributed by atoms with Crippen LogP contribution in [0.1, 0.15) is 41.9 Å². The van der Waals surface area contributed by atoms with Crippen LogP contribution in [-0.2, 0) is 4.74 Å². The second-order valence-electron chi connectivity index (χ2n) is 8.92. The van der Waals surface area contributed by atoms with E-state index in [9.17, 15) is 10.5 Å². The van der Waals surface area contributed by atoms with Crippen LogP contribution in [0.4, 0.5) is 0 Å². The molecule has 0 amide bonds. The molecule has 0 spiro atoms. The molecular formula is C32H25N3OS. The minimum Gasteiger partial charge on any atom is -0.363 e. The average Bonchev–Trinajstić information content (AvgIpc) is 3.40. The molecule has 3 aromatic carbocycles. The lowest BCUT2D eigenvalue weighted by Crippen LogP contribution is -2.08. The number of aromatic nitrogens is 1. The molecule has 0 fully saturated rings. The zero-order chi connectivity index (χ0) is 25.6. The molecule has 4 nitrogen and oxygen atoms in total. The van der Waals surface area contributed by atoms with Gasteiger partial charge in [0.1, 0.15) is 6.10 Å². The molecule has 1 aliphatic rings. The van der Waals surface area contributed by atoms with Crippen molar-refractivity contribution in [3.05, 3.63) is 123 Å². The van der Waals surface area contributed by atoms with E-state index in [2.05, 4.69) is 60.5 Å². The van der Waals surface area contributed by atoms with E-state index in [4.69, 9.17) is 4.74 Å². The summed E-state index contributed by atoms with van der Waals surface area (Å²) in [4.78, 5) is 5.29. The number of nitrogens with zero attached hydrogens (tertiary/aromatic N) is 3. The zero-order valence-electron chi connectivity index (χ0n) is 20.5. The molecule has 4 aromatic rings. The Bertz CT molecular complexity index is 1610. The summed E-state index contributed by atoms with van der Waals surface area (Å²) < 4.78 is 6.54. The molecule has 0 saturated heterocycles. The van der Waals surface area contributed by atoms with E-state index < -0.39 is 0 Å². The summed E-state index contributed by atoms with van der Waals surface area (Å²) >= 11 is 1.55. The fourth-order valence-corrected chi connectivity index (χ4v) is 5.34. The predicted molar refractivity (Wildman–Crippen MR) is 149 cm³/mol. The summed E-state index contributed by atoms with van der Waals surface area (Å²) in [5.41, 5.74) is 8.31. The summed E-state index contributed by atoms with van der Waals surface area (Å²) in [6, 6.07) is 25.0. The number of hydrogen-bond acceptors (Lipinski definition) is 5. The van der Waals surface area contributed by atoms with Crippen molar-refractivity contribution < 1.29 is 4.74 Å². The molecule has 0 N–H and O–H groups in total. The second kappa shape index (κ2) is 11.2. The van der Waals surface area contributed by atoms with Crippen LogP contribution in [0.25, 0.3) is 21.9 Å². The van der Waals surface area contributed by atoms with E-state index in [1.165, 1.54) is 5.57 Å². The summed E-state index contributed by atoms with van der Waals surface area (Å²) in [5, 5.41) is 21.6. The molecule has 0 bridgehead atoms. The first-order valence-corrected chi connectivity index (χ1v) is 13.1. The molecule has 1 aliphatic carbocycles. The Hall–Kier alpha value is -4.29. The fraction of sp³-hybridized carbons (Fsp3) is 0.156. The lowest BCUT2D eigenvalue weighted by atomic mass is 9.92. The first-order chi connectivity index (χ1) is 18.2. The minimum absolute atomic E-state index is 0.337. The fourth-order valence-electron chi connectivity index (χ4n) is 4.65. The number of hydrogen-bond donors (Lipinski definition) is 0. The van der Waals surface area contributed by atoms with E-state index in [1.807, 2.05) is 54.2 Å². The van der Waals surface area contributed by atoms with Gasteiger partial charge >= 0.3 is 0 Å². The van der Waals surface area contributed by atoms with Crippen LogP contribution in [-0.4, -0.2) is 11.6 Å². The van der Waals surface area contributed by atoms with E-state index in [0.717, 1.165) is 49.9 Å². The third kappa shape index (κ3) is 5.29. The quantitative estimate of drug-likeness (QED) is 0.258. The van der Waals surface area contributed by atoms with Crippen LogP contribution in [0.15, 0.2) is 107 Å². The monoisotopic (exact) mass is 499 g/mol. The molecule has 1 atom stereocenters. The zero-order valence-corrected chi connectivity index (χ0v) is 21.3. The molecule has 1 unspecified atom stereocenters. The minimum atomic E-state index is -0.337. The van der Waals surface area contributed by atoms with Gasteiger partial charge < -0.3 is 4.74 Å². The van der Waals surface area contributed by atoms with Crippen molar-refractivity contribution in [2.24, 2.45) is 0 Å². The molecule has 0 aliphatic heterocycles. The standard InChI is InChI=1S/C32H25N3OS/c1-2-22-14-23(17-33)10-11-24(15-22)20-36-32(31-19-35-21-37-31)26-12-13-27(18-34)30(16-26)29-9-5-7-25-6-3-4-8-28(25)29/h3-13,15-16,19,21,32H,2,14,20H2,1H3. The van der Waals surface area contributed by atoms with Crippen molar-refractivity contribution in [3.8, 4) is 23.3 Å². The third-order valence-corrected chi connectivity index (χ3v) is 7.40. The van der Waals surface area contributed by atoms with Crippen molar-refractivity contribution in [2.75, 3.05) is 6.61 Å². The van der Waals surface area contributed by atoms with Crippen LogP contribution in [0.5, 0.6) is 0 Å². The maximum absolute atomic E-state index is 9.92. The highest BCUT2D eigenvalue weighted by molar-refractivity contribution is 7.09. The Morgan fingerprint density at radius 2 is 1.86 bits per heavy atom. The topological polar surface area (TPSA) is 69.7 Å². The molecule has 37 heavy (non-hydrogen) atoms. The smallest absolute Gasteiger partial charge is 0.119 e. The molecule has 0 radical (unpaired) electrons. The maximum Gasteiger partial charge on any atom is 0.119 e. The molecule has 180 valence electrons. The van der Waals surface area contributed by atoms with Gasteiger partial charge in [-0.1, -0.05) is 73.2 Å². The Balaban J connectivity index is 1.54. The van der Waals surface area contributed by atoms with Crippen LogP contribution < -0.4 is 0 Å². The normalized spacial score (nSPS) is 14.1. The van der Waals surface area contributed by atoms with Crippen LogP contribution >= 0.6 is 11.3 Å². The van der Waals surface area contributed by atoms with Gasteiger partial charge in [0.15, 0.2) is 0 Å². The van der Waals surface area contributed by atoms with Crippen LogP contribution in [0.3, 0.4) is 0 Å². The van der Waals surface area contributed by atoms with Crippen molar-refractivity contribution >= 4 is 22.1 Å². The van der Waals surface area contributed by atoms with Crippen molar-refractivity contribution in [3.63, 3.8) is 0 Å². The van der Waals surface area contributed by atoms with Crippen molar-refractivity contribution in [1.82, 2.24) is 4.98 Å². The molecule has 5 rings (SSSR count). The van der Waals surface area contributed by atoms with Gasteiger partial charge in [-0.15, -0.1) is 11.3 Å². The molecule has 5 heteroatoms. The summed E-state index contributed by atoms with van der Waals surface area (Å²) in [7, 11) is 0. The third-order valence-electron chi connectivity index (χ3n) is 6.58. The Morgan fingerprint density at radius 1 is 1.00 bits per heavy atom. The average molecular weight is 500 g/mol. The van der Waals surface area contributed by atoms with E-state index in [1.54, 1.807) is 11.3 Å².